The molecule has 0 spiro atoms. The minimum Gasteiger partial charge on any atom is -0.497 e. The number of nitro benzene ring substituents is 1. The van der Waals surface area contributed by atoms with Gasteiger partial charge in [-0.2, -0.15) is 9.10 Å². The lowest BCUT2D eigenvalue weighted by molar-refractivity contribution is -0.385. The van der Waals surface area contributed by atoms with Gasteiger partial charge in [0.2, 0.25) is 15.8 Å². The van der Waals surface area contributed by atoms with Crippen LogP contribution < -0.4 is 19.5 Å². The summed E-state index contributed by atoms with van der Waals surface area (Å²) in [6.07, 6.45) is -0.888. The summed E-state index contributed by atoms with van der Waals surface area (Å²) in [5.74, 6) is 0.504. The van der Waals surface area contributed by atoms with Crippen molar-refractivity contribution in [2.45, 2.75) is 55.8 Å². The Morgan fingerprint density at radius 3 is 1.83 bits per heavy atom. The summed E-state index contributed by atoms with van der Waals surface area (Å²) in [5, 5.41) is 28.2. The number of alkyl carbamates (subject to hydrolysis) is 1. The highest BCUT2D eigenvalue weighted by Crippen LogP contribution is 2.45. The molecule has 0 saturated heterocycles. The Kier molecular flexibility index (Phi) is 14.9. The first-order valence-electron chi connectivity index (χ1n) is 19.8. The molecule has 0 saturated carbocycles. The Hall–Kier alpha value is -6.42. The van der Waals surface area contributed by atoms with E-state index in [0.29, 0.717) is 33.9 Å². The van der Waals surface area contributed by atoms with E-state index in [1.165, 1.54) is 50.4 Å². The van der Waals surface area contributed by atoms with Gasteiger partial charge in [-0.05, 0) is 113 Å². The fourth-order valence-electron chi connectivity index (χ4n) is 6.67. The van der Waals surface area contributed by atoms with Crippen LogP contribution in [0.2, 0.25) is 0 Å². The molecule has 0 unspecified atom stereocenters. The van der Waals surface area contributed by atoms with Gasteiger partial charge in [0.05, 0.1) is 59.0 Å². The molecular formula is C44H46BrN7O11S2. The molecule has 6 aromatic rings. The average molecular weight is 993 g/mol. The lowest BCUT2D eigenvalue weighted by atomic mass is 9.97. The fraction of sp³-hybridized carbons (Fsp3) is 0.273. The number of aromatic nitrogens is 4. The summed E-state index contributed by atoms with van der Waals surface area (Å²) >= 11 is 3.27. The quantitative estimate of drug-likeness (QED) is 0.0653. The van der Waals surface area contributed by atoms with Crippen molar-refractivity contribution in [1.29, 1.82) is 0 Å². The third kappa shape index (κ3) is 11.6. The number of hydrogen-bond donors (Lipinski definition) is 1. The summed E-state index contributed by atoms with van der Waals surface area (Å²) < 4.78 is 83.6. The molecule has 6 rings (SSSR count). The van der Waals surface area contributed by atoms with E-state index >= 15 is 8.42 Å². The van der Waals surface area contributed by atoms with Crippen LogP contribution >= 0.6 is 15.9 Å². The molecule has 1 heterocycles. The topological polar surface area (TPSA) is 224 Å². The normalized spacial score (nSPS) is 11.9. The highest BCUT2D eigenvalue weighted by atomic mass is 79.9. The number of tetrazole rings is 1. The summed E-state index contributed by atoms with van der Waals surface area (Å²) in [6.45, 7) is 3.94. The molecule has 1 N–H and O–H groups in total. The first kappa shape index (κ1) is 48.0. The van der Waals surface area contributed by atoms with Crippen LogP contribution in [-0.4, -0.2) is 91.6 Å². The second-order valence-corrected chi connectivity index (χ2v) is 20.2. The number of para-hydroxylation sites is 1. The summed E-state index contributed by atoms with van der Waals surface area (Å²) in [6, 6.07) is 27.0. The fourth-order valence-corrected chi connectivity index (χ4v) is 10.8. The molecule has 0 radical (unpaired) electrons. The van der Waals surface area contributed by atoms with Gasteiger partial charge in [0, 0.05) is 25.2 Å². The largest absolute Gasteiger partial charge is 0.497 e. The number of methoxy groups -OCH3 is 3. The Bertz CT molecular complexity index is 2840. The van der Waals surface area contributed by atoms with Crippen LogP contribution in [0.25, 0.3) is 22.5 Å². The van der Waals surface area contributed by atoms with E-state index in [-0.39, 0.29) is 46.6 Å². The van der Waals surface area contributed by atoms with E-state index in [4.69, 9.17) is 18.9 Å². The number of benzene rings is 5. The van der Waals surface area contributed by atoms with Gasteiger partial charge in [0.25, 0.3) is 5.69 Å². The van der Waals surface area contributed by atoms with Gasteiger partial charge in [-0.25, -0.2) is 21.6 Å². The number of halogens is 1. The lowest BCUT2D eigenvalue weighted by Gasteiger charge is -2.26. The summed E-state index contributed by atoms with van der Waals surface area (Å²) in [4.78, 5) is 24.4. The molecular weight excluding hydrogens is 947 g/mol. The van der Waals surface area contributed by atoms with Crippen molar-refractivity contribution >= 4 is 47.6 Å². The van der Waals surface area contributed by atoms with Gasteiger partial charge in [-0.15, -0.1) is 10.2 Å². The van der Waals surface area contributed by atoms with Crippen molar-refractivity contribution in [3.63, 3.8) is 0 Å². The predicted octanol–water partition coefficient (Wildman–Crippen LogP) is 7.44. The molecule has 1 amide bonds. The SMILES string of the molecule is COc1ccc(CN(Cc2ccc(OC)cc2)S(=O)(=O)c2c(S(=O)(=O)CCNC(=O)OC(C)(C)C)ccc(-c3cccc(Br)c3[N+](=O)[O-])c2-c2nnn(Cc3ccc(OC)cc3)n2)cc1. The summed E-state index contributed by atoms with van der Waals surface area (Å²) in [7, 11) is -5.21. The average Bonchev–Trinajstić information content (AvgIpc) is 3.73. The zero-order chi connectivity index (χ0) is 47.1. The number of rotatable bonds is 18. The van der Waals surface area contributed by atoms with Crippen LogP contribution in [0.1, 0.15) is 37.5 Å². The van der Waals surface area contributed by atoms with Crippen LogP contribution in [0.3, 0.4) is 0 Å². The number of nitrogens with zero attached hydrogens (tertiary/aromatic N) is 6. The van der Waals surface area contributed by atoms with E-state index in [2.05, 4.69) is 36.7 Å². The lowest BCUT2D eigenvalue weighted by Crippen LogP contribution is -2.35. The molecule has 0 bridgehead atoms. The predicted molar refractivity (Wildman–Crippen MR) is 244 cm³/mol. The number of amides is 1. The Labute approximate surface area is 384 Å². The van der Waals surface area contributed by atoms with Crippen LogP contribution in [0.4, 0.5) is 10.5 Å². The second-order valence-electron chi connectivity index (χ2n) is 15.4. The molecule has 0 aliphatic heterocycles. The Morgan fingerprint density at radius 2 is 1.32 bits per heavy atom. The number of ether oxygens (including phenoxy) is 4. The third-order valence-corrected chi connectivity index (χ3v) is 14.1. The maximum atomic E-state index is 15.9. The van der Waals surface area contributed by atoms with Gasteiger partial charge < -0.3 is 24.3 Å². The van der Waals surface area contributed by atoms with Crippen molar-refractivity contribution in [2.75, 3.05) is 33.6 Å². The van der Waals surface area contributed by atoms with E-state index in [9.17, 15) is 23.3 Å². The molecule has 342 valence electrons. The maximum absolute atomic E-state index is 15.9. The van der Waals surface area contributed by atoms with Gasteiger partial charge in [-0.3, -0.25) is 10.1 Å². The van der Waals surface area contributed by atoms with Crippen LogP contribution in [-0.2, 0) is 44.2 Å². The minimum absolute atomic E-state index is 0.0425. The highest BCUT2D eigenvalue weighted by molar-refractivity contribution is 9.10. The second kappa shape index (κ2) is 20.2. The van der Waals surface area contributed by atoms with Gasteiger partial charge in [0.15, 0.2) is 9.84 Å². The number of nitrogens with one attached hydrogen (secondary N) is 1. The highest BCUT2D eigenvalue weighted by Gasteiger charge is 2.39. The Morgan fingerprint density at radius 1 is 0.785 bits per heavy atom. The van der Waals surface area contributed by atoms with Crippen molar-refractivity contribution in [3.8, 4) is 39.8 Å². The van der Waals surface area contributed by atoms with Crippen molar-refractivity contribution < 1.29 is 45.5 Å². The van der Waals surface area contributed by atoms with Crippen LogP contribution in [0.5, 0.6) is 17.2 Å². The Balaban J connectivity index is 1.64. The van der Waals surface area contributed by atoms with Gasteiger partial charge >= 0.3 is 6.09 Å². The first-order valence-corrected chi connectivity index (χ1v) is 23.7. The van der Waals surface area contributed by atoms with Crippen molar-refractivity contribution in [1.82, 2.24) is 29.8 Å². The van der Waals surface area contributed by atoms with Crippen molar-refractivity contribution in [2.24, 2.45) is 0 Å². The maximum Gasteiger partial charge on any atom is 0.407 e. The number of sulfonamides is 1. The smallest absolute Gasteiger partial charge is 0.407 e. The molecule has 0 fully saturated rings. The summed E-state index contributed by atoms with van der Waals surface area (Å²) in [5.41, 5.74) is -0.120. The molecule has 65 heavy (non-hydrogen) atoms. The molecule has 18 nitrogen and oxygen atoms in total. The number of hydrogen-bond acceptors (Lipinski definition) is 14. The van der Waals surface area contributed by atoms with Crippen LogP contribution in [0, 0.1) is 10.1 Å². The zero-order valence-electron chi connectivity index (χ0n) is 36.2. The monoisotopic (exact) mass is 991 g/mol. The third-order valence-electron chi connectivity index (χ3n) is 9.75. The minimum atomic E-state index is -5.05. The standard InChI is InChI=1S/C44H46BrN7O11S2/c1-44(2,3)63-43(53)46-24-25-64(56,57)38-23-22-35(36-8-7-9-37(45)40(36)52(54)55)39(42-47-49-51(48-42)28-31-14-20-34(62-6)21-15-31)41(38)65(58,59)50(26-29-10-16-32(60-4)17-11-29)27-30-12-18-33(61-5)19-13-30/h7-23H,24-28H2,1-6H3,(H,46,53). The molecule has 1 aromatic heterocycles. The first-order chi connectivity index (χ1) is 30.8. The van der Waals surface area contributed by atoms with E-state index in [1.807, 2.05) is 0 Å². The zero-order valence-corrected chi connectivity index (χ0v) is 39.4. The number of carbonyl (C=O) groups is 1. The van der Waals surface area contributed by atoms with E-state index in [1.54, 1.807) is 93.6 Å². The number of sulfone groups is 1. The molecule has 5 aromatic carbocycles. The van der Waals surface area contributed by atoms with Gasteiger partial charge in [0.1, 0.15) is 27.7 Å². The van der Waals surface area contributed by atoms with E-state index < -0.39 is 64.3 Å². The van der Waals surface area contributed by atoms with Gasteiger partial charge in [-0.1, -0.05) is 48.5 Å². The number of carbonyl (C=O) groups excluding carboxylic acids is 1. The number of nitro groups is 1. The van der Waals surface area contributed by atoms with Crippen LogP contribution in [0.15, 0.2) is 117 Å². The van der Waals surface area contributed by atoms with E-state index in [0.717, 1.165) is 10.4 Å². The van der Waals surface area contributed by atoms with Crippen molar-refractivity contribution in [3.05, 3.63) is 134 Å². The molecule has 0 atom stereocenters. The molecule has 0 aliphatic carbocycles. The molecule has 0 aliphatic rings. The molecule has 21 heteroatoms.